The maximum absolute atomic E-state index is 12.8. The highest BCUT2D eigenvalue weighted by molar-refractivity contribution is 7.89. The molecule has 1 N–H and O–H groups in total. The number of aryl methyl sites for hydroxylation is 1. The zero-order valence-electron chi connectivity index (χ0n) is 16.3. The van der Waals surface area contributed by atoms with E-state index in [1.807, 2.05) is 18.4 Å². The van der Waals surface area contributed by atoms with Crippen LogP contribution in [0.2, 0.25) is 0 Å². The second-order valence-corrected chi connectivity index (χ2v) is 9.63. The fourth-order valence-corrected chi connectivity index (χ4v) is 5.38. The lowest BCUT2D eigenvalue weighted by Gasteiger charge is -2.29. The third-order valence-corrected chi connectivity index (χ3v) is 7.66. The van der Waals surface area contributed by atoms with Crippen LogP contribution in [0.5, 0.6) is 0 Å². The molecule has 0 radical (unpaired) electrons. The summed E-state index contributed by atoms with van der Waals surface area (Å²) in [6.07, 6.45) is 0.861. The van der Waals surface area contributed by atoms with Gasteiger partial charge in [-0.2, -0.15) is 4.31 Å². The second kappa shape index (κ2) is 9.10. The van der Waals surface area contributed by atoms with E-state index >= 15 is 0 Å². The normalized spacial score (nSPS) is 15.9. The molecule has 0 aromatic carbocycles. The standard InChI is InChI=1S/C19H24N2O6S2/c1-3-26-19(23)15-4-5-17(27-15)29(24,25)21-9-6-14(7-10-21)18(22)20-12-16-13(2)8-11-28-16/h4-5,8,11,14H,3,6-7,9-10,12H2,1-2H3,(H,20,22). The molecule has 0 unspecified atom stereocenters. The van der Waals surface area contributed by atoms with Crippen LogP contribution in [-0.2, 0) is 26.1 Å². The molecule has 3 rings (SSSR count). The molecule has 1 fully saturated rings. The molecule has 0 bridgehead atoms. The molecule has 1 amide bonds. The number of hydrogen-bond acceptors (Lipinski definition) is 7. The Balaban J connectivity index is 1.56. The first kappa shape index (κ1) is 21.5. The van der Waals surface area contributed by atoms with Gasteiger partial charge in [0.15, 0.2) is 0 Å². The van der Waals surface area contributed by atoms with Gasteiger partial charge in [-0.15, -0.1) is 11.3 Å². The Hall–Kier alpha value is -2.17. The van der Waals surface area contributed by atoms with Crippen LogP contribution >= 0.6 is 11.3 Å². The van der Waals surface area contributed by atoms with Crippen LogP contribution in [0.1, 0.15) is 40.8 Å². The molecule has 1 aliphatic heterocycles. The molecule has 3 heterocycles. The summed E-state index contributed by atoms with van der Waals surface area (Å²) in [5, 5.41) is 4.64. The third kappa shape index (κ3) is 4.88. The van der Waals surface area contributed by atoms with Crippen molar-refractivity contribution in [3.05, 3.63) is 39.8 Å². The van der Waals surface area contributed by atoms with Crippen molar-refractivity contribution >= 4 is 33.2 Å². The van der Waals surface area contributed by atoms with E-state index in [0.717, 1.165) is 10.4 Å². The minimum Gasteiger partial charge on any atom is -0.460 e. The first-order valence-corrected chi connectivity index (χ1v) is 11.7. The fraction of sp³-hybridized carbons (Fsp3) is 0.474. The van der Waals surface area contributed by atoms with Crippen molar-refractivity contribution in [3.8, 4) is 0 Å². The number of nitrogens with zero attached hydrogens (tertiary/aromatic N) is 1. The van der Waals surface area contributed by atoms with Crippen molar-refractivity contribution in [2.24, 2.45) is 5.92 Å². The van der Waals surface area contributed by atoms with Crippen LogP contribution in [0, 0.1) is 12.8 Å². The Bertz CT molecular complexity index is 970. The lowest BCUT2D eigenvalue weighted by molar-refractivity contribution is -0.126. The molecular weight excluding hydrogens is 416 g/mol. The second-order valence-electron chi connectivity index (χ2n) is 6.76. The molecule has 2 aromatic heterocycles. The van der Waals surface area contributed by atoms with E-state index in [4.69, 9.17) is 9.15 Å². The number of carbonyl (C=O) groups excluding carboxylic acids is 2. The Morgan fingerprint density at radius 3 is 2.62 bits per heavy atom. The molecule has 2 aromatic rings. The van der Waals surface area contributed by atoms with E-state index in [2.05, 4.69) is 5.32 Å². The third-order valence-electron chi connectivity index (χ3n) is 4.87. The zero-order valence-corrected chi connectivity index (χ0v) is 18.0. The van der Waals surface area contributed by atoms with E-state index in [0.29, 0.717) is 19.4 Å². The van der Waals surface area contributed by atoms with Gasteiger partial charge in [0.05, 0.1) is 13.2 Å². The summed E-state index contributed by atoms with van der Waals surface area (Å²) < 4.78 is 36.8. The lowest BCUT2D eigenvalue weighted by Crippen LogP contribution is -2.42. The number of amides is 1. The summed E-state index contributed by atoms with van der Waals surface area (Å²) >= 11 is 1.60. The smallest absolute Gasteiger partial charge is 0.374 e. The van der Waals surface area contributed by atoms with Crippen molar-refractivity contribution in [3.63, 3.8) is 0 Å². The monoisotopic (exact) mass is 440 g/mol. The highest BCUT2D eigenvalue weighted by atomic mass is 32.2. The number of ether oxygens (including phenoxy) is 1. The largest absolute Gasteiger partial charge is 0.460 e. The van der Waals surface area contributed by atoms with E-state index in [1.165, 1.54) is 16.4 Å². The molecule has 1 saturated heterocycles. The van der Waals surface area contributed by atoms with Gasteiger partial charge in [-0.25, -0.2) is 13.2 Å². The van der Waals surface area contributed by atoms with Crippen LogP contribution in [0.4, 0.5) is 0 Å². The van der Waals surface area contributed by atoms with E-state index in [1.54, 1.807) is 18.3 Å². The molecule has 29 heavy (non-hydrogen) atoms. The Kier molecular flexibility index (Phi) is 6.76. The molecule has 1 aliphatic rings. The number of sulfonamides is 1. The van der Waals surface area contributed by atoms with Gasteiger partial charge in [0.1, 0.15) is 0 Å². The first-order valence-electron chi connectivity index (χ1n) is 9.40. The number of piperidine rings is 1. The van der Waals surface area contributed by atoms with Crippen LogP contribution in [0.25, 0.3) is 0 Å². The highest BCUT2D eigenvalue weighted by Gasteiger charge is 2.34. The van der Waals surface area contributed by atoms with Crippen LogP contribution < -0.4 is 5.32 Å². The lowest BCUT2D eigenvalue weighted by atomic mass is 9.97. The molecule has 158 valence electrons. The number of nitrogens with one attached hydrogen (secondary N) is 1. The van der Waals surface area contributed by atoms with Gasteiger partial charge in [0.25, 0.3) is 10.0 Å². The van der Waals surface area contributed by atoms with Crippen molar-refractivity contribution < 1.29 is 27.2 Å². The summed E-state index contributed by atoms with van der Waals surface area (Å²) in [5.41, 5.74) is 1.15. The number of furan rings is 1. The Morgan fingerprint density at radius 1 is 1.28 bits per heavy atom. The molecule has 0 atom stereocenters. The number of esters is 1. The van der Waals surface area contributed by atoms with Gasteiger partial charge in [0.2, 0.25) is 16.8 Å². The molecule has 8 nitrogen and oxygen atoms in total. The number of rotatable bonds is 7. The fourth-order valence-electron chi connectivity index (χ4n) is 3.15. The summed E-state index contributed by atoms with van der Waals surface area (Å²) in [7, 11) is -3.86. The van der Waals surface area contributed by atoms with Crippen LogP contribution in [-0.4, -0.2) is 44.3 Å². The predicted octanol–water partition coefficient (Wildman–Crippen LogP) is 2.54. The van der Waals surface area contributed by atoms with Gasteiger partial charge >= 0.3 is 5.97 Å². The molecule has 0 aliphatic carbocycles. The highest BCUT2D eigenvalue weighted by Crippen LogP contribution is 2.26. The van der Waals surface area contributed by atoms with Crippen molar-refractivity contribution in [1.82, 2.24) is 9.62 Å². The minimum atomic E-state index is -3.86. The Labute approximate surface area is 173 Å². The predicted molar refractivity (Wildman–Crippen MR) is 107 cm³/mol. The van der Waals surface area contributed by atoms with Crippen LogP contribution in [0.15, 0.2) is 33.1 Å². The minimum absolute atomic E-state index is 0.0579. The van der Waals surface area contributed by atoms with Gasteiger partial charge < -0.3 is 14.5 Å². The van der Waals surface area contributed by atoms with Crippen molar-refractivity contribution in [1.29, 1.82) is 0 Å². The molecular formula is C19H24N2O6S2. The summed E-state index contributed by atoms with van der Waals surface area (Å²) in [5.74, 6) is -1.14. The Morgan fingerprint density at radius 2 is 2.00 bits per heavy atom. The van der Waals surface area contributed by atoms with E-state index in [-0.39, 0.29) is 42.4 Å². The average molecular weight is 441 g/mol. The maximum Gasteiger partial charge on any atom is 0.374 e. The van der Waals surface area contributed by atoms with Crippen LogP contribution in [0.3, 0.4) is 0 Å². The SMILES string of the molecule is CCOC(=O)c1ccc(S(=O)(=O)N2CCC(C(=O)NCc3sccc3C)CC2)o1. The summed E-state index contributed by atoms with van der Waals surface area (Å²) in [4.78, 5) is 25.2. The number of carbonyl (C=O) groups is 2. The molecule has 0 saturated carbocycles. The van der Waals surface area contributed by atoms with E-state index < -0.39 is 16.0 Å². The topological polar surface area (TPSA) is 106 Å². The average Bonchev–Trinajstić information content (AvgIpc) is 3.36. The quantitative estimate of drug-likeness (QED) is 0.663. The summed E-state index contributed by atoms with van der Waals surface area (Å²) in [6.45, 7) is 4.75. The molecule has 0 spiro atoms. The number of thiophene rings is 1. The van der Waals surface area contributed by atoms with Crippen molar-refractivity contribution in [2.75, 3.05) is 19.7 Å². The van der Waals surface area contributed by atoms with Crippen molar-refractivity contribution in [2.45, 2.75) is 38.3 Å². The van der Waals surface area contributed by atoms with Gasteiger partial charge in [-0.1, -0.05) is 0 Å². The maximum atomic E-state index is 12.8. The first-order chi connectivity index (χ1) is 13.8. The summed E-state index contributed by atoms with van der Waals surface area (Å²) in [6, 6.07) is 4.55. The van der Waals surface area contributed by atoms with Gasteiger partial charge in [-0.3, -0.25) is 4.79 Å². The molecule has 10 heteroatoms. The van der Waals surface area contributed by atoms with E-state index in [9.17, 15) is 18.0 Å². The number of hydrogen-bond donors (Lipinski definition) is 1. The zero-order chi connectivity index (χ0) is 21.0. The van der Waals surface area contributed by atoms with Gasteiger partial charge in [0, 0.05) is 23.9 Å². The van der Waals surface area contributed by atoms with Gasteiger partial charge in [-0.05, 0) is 55.8 Å².